The van der Waals surface area contributed by atoms with Gasteiger partial charge < -0.3 is 10.2 Å². The first-order valence-electron chi connectivity index (χ1n) is 8.83. The summed E-state index contributed by atoms with van der Waals surface area (Å²) in [4.78, 5) is 0. The third-order valence-corrected chi connectivity index (χ3v) is 6.88. The molecule has 2 nitrogen and oxygen atoms in total. The summed E-state index contributed by atoms with van der Waals surface area (Å²) in [5.41, 5.74) is 0.814. The van der Waals surface area contributed by atoms with Crippen LogP contribution in [0.15, 0.2) is 24.8 Å². The lowest BCUT2D eigenvalue weighted by molar-refractivity contribution is -0.0885. The second-order valence-corrected chi connectivity index (χ2v) is 8.57. The molecule has 0 aromatic carbocycles. The van der Waals surface area contributed by atoms with E-state index in [9.17, 15) is 10.2 Å². The first kappa shape index (κ1) is 17.7. The van der Waals surface area contributed by atoms with Crippen molar-refractivity contribution < 1.29 is 10.2 Å². The smallest absolute Gasteiger partial charge is 0.0797 e. The van der Waals surface area contributed by atoms with Crippen LogP contribution in [0.3, 0.4) is 0 Å². The molecule has 5 atom stereocenters. The molecule has 0 amide bonds. The predicted octanol–water partition coefficient (Wildman–Crippen LogP) is 4.47. The molecule has 0 unspecified atom stereocenters. The maximum atomic E-state index is 10.3. The Morgan fingerprint density at radius 3 is 2.64 bits per heavy atom. The maximum absolute atomic E-state index is 10.3. The number of fused-ring (bicyclic) bond motifs is 1. The van der Waals surface area contributed by atoms with Crippen molar-refractivity contribution in [2.24, 2.45) is 22.7 Å². The van der Waals surface area contributed by atoms with Crippen LogP contribution in [-0.2, 0) is 0 Å². The van der Waals surface area contributed by atoms with E-state index in [0.29, 0.717) is 11.8 Å². The molecule has 2 heteroatoms. The summed E-state index contributed by atoms with van der Waals surface area (Å²) in [5, 5.41) is 20.3. The number of hydrogen-bond acceptors (Lipinski definition) is 2. The van der Waals surface area contributed by atoms with Crippen molar-refractivity contribution in [1.29, 1.82) is 0 Å². The summed E-state index contributed by atoms with van der Waals surface area (Å²) in [5.74, 6) is 1.01. The average molecular weight is 306 g/mol. The Hall–Kier alpha value is -0.600. The zero-order valence-corrected chi connectivity index (χ0v) is 14.7. The van der Waals surface area contributed by atoms with Crippen LogP contribution in [0.5, 0.6) is 0 Å². The van der Waals surface area contributed by atoms with E-state index in [0.717, 1.165) is 32.1 Å². The molecule has 0 heterocycles. The van der Waals surface area contributed by atoms with Gasteiger partial charge in [-0.3, -0.25) is 0 Å². The predicted molar refractivity (Wildman–Crippen MR) is 92.6 cm³/mol. The van der Waals surface area contributed by atoms with E-state index >= 15 is 0 Å². The third kappa shape index (κ3) is 3.05. The van der Waals surface area contributed by atoms with Crippen LogP contribution in [0.1, 0.15) is 65.7 Å². The minimum Gasteiger partial charge on any atom is -0.396 e. The second kappa shape index (κ2) is 6.13. The van der Waals surface area contributed by atoms with Crippen molar-refractivity contribution in [3.8, 4) is 0 Å². The van der Waals surface area contributed by atoms with Gasteiger partial charge in [0, 0.05) is 6.61 Å². The zero-order chi connectivity index (χ0) is 16.6. The summed E-state index contributed by atoms with van der Waals surface area (Å²) in [6.07, 6.45) is 9.10. The number of aliphatic hydroxyl groups is 2. The summed E-state index contributed by atoms with van der Waals surface area (Å²) in [7, 11) is 0. The van der Waals surface area contributed by atoms with Gasteiger partial charge in [0.25, 0.3) is 0 Å². The number of allylic oxidation sites excluding steroid dienone is 1. The molecule has 0 aromatic heterocycles. The molecule has 2 aliphatic carbocycles. The Labute approximate surface area is 136 Å². The van der Waals surface area contributed by atoms with Crippen molar-refractivity contribution in [2.45, 2.75) is 71.3 Å². The van der Waals surface area contributed by atoms with Crippen molar-refractivity contribution in [1.82, 2.24) is 0 Å². The van der Waals surface area contributed by atoms with Crippen molar-refractivity contribution in [3.63, 3.8) is 0 Å². The lowest BCUT2D eigenvalue weighted by atomic mass is 9.46. The number of rotatable bonds is 5. The molecule has 0 bridgehead atoms. The molecule has 126 valence electrons. The number of aliphatic hydroxyl groups excluding tert-OH is 1. The fourth-order valence-corrected chi connectivity index (χ4v) is 5.34. The summed E-state index contributed by atoms with van der Waals surface area (Å²) in [6.45, 7) is 14.9. The van der Waals surface area contributed by atoms with Crippen LogP contribution in [0.25, 0.3) is 0 Å². The molecule has 0 aliphatic heterocycles. The van der Waals surface area contributed by atoms with E-state index in [2.05, 4.69) is 27.0 Å². The average Bonchev–Trinajstić information content (AvgIpc) is 2.46. The topological polar surface area (TPSA) is 40.5 Å². The van der Waals surface area contributed by atoms with Gasteiger partial charge in [-0.25, -0.2) is 0 Å². The van der Waals surface area contributed by atoms with Crippen molar-refractivity contribution in [3.05, 3.63) is 24.8 Å². The summed E-state index contributed by atoms with van der Waals surface area (Å²) in [6, 6.07) is 0. The molecule has 2 N–H and O–H groups in total. The fraction of sp³-hybridized carbons (Fsp3) is 0.800. The highest BCUT2D eigenvalue weighted by Crippen LogP contribution is 2.61. The van der Waals surface area contributed by atoms with E-state index in [1.54, 1.807) is 6.08 Å². The van der Waals surface area contributed by atoms with Crippen LogP contribution >= 0.6 is 0 Å². The van der Waals surface area contributed by atoms with E-state index in [1.165, 1.54) is 18.4 Å². The van der Waals surface area contributed by atoms with Crippen molar-refractivity contribution >= 4 is 0 Å². The van der Waals surface area contributed by atoms with Gasteiger partial charge in [-0.2, -0.15) is 0 Å². The van der Waals surface area contributed by atoms with Gasteiger partial charge in [0.1, 0.15) is 0 Å². The number of hydrogen-bond donors (Lipinski definition) is 2. The zero-order valence-electron chi connectivity index (χ0n) is 14.7. The molecular weight excluding hydrogens is 272 g/mol. The Bertz CT molecular complexity index is 439. The van der Waals surface area contributed by atoms with Gasteiger partial charge in [0.15, 0.2) is 0 Å². The second-order valence-electron chi connectivity index (χ2n) is 8.57. The molecule has 0 radical (unpaired) electrons. The van der Waals surface area contributed by atoms with Crippen LogP contribution in [0, 0.1) is 22.7 Å². The largest absolute Gasteiger partial charge is 0.396 e. The van der Waals surface area contributed by atoms with Gasteiger partial charge in [0.2, 0.25) is 0 Å². The van der Waals surface area contributed by atoms with Crippen LogP contribution in [0.2, 0.25) is 0 Å². The Balaban J connectivity index is 2.24. The standard InChI is InChI=1S/C20H34O2/c1-6-19(4,22)13-10-16-15(2)8-9-17-18(3,14-21)11-7-12-20(16,17)5/h6,16-17,21-22H,1-2,7-14H2,3-5H3/t16-,17-,18+,19-,20+/m0/s1. The normalized spacial score (nSPS) is 41.6. The monoisotopic (exact) mass is 306 g/mol. The minimum absolute atomic E-state index is 0.0485. The Kier molecular flexibility index (Phi) is 4.94. The lowest BCUT2D eigenvalue weighted by Crippen LogP contribution is -2.52. The van der Waals surface area contributed by atoms with Crippen LogP contribution in [-0.4, -0.2) is 22.4 Å². The quantitative estimate of drug-likeness (QED) is 0.735. The molecule has 0 saturated heterocycles. The van der Waals surface area contributed by atoms with E-state index in [4.69, 9.17) is 0 Å². The third-order valence-electron chi connectivity index (χ3n) is 6.88. The molecule has 2 saturated carbocycles. The first-order valence-corrected chi connectivity index (χ1v) is 8.83. The van der Waals surface area contributed by atoms with E-state index in [-0.39, 0.29) is 17.4 Å². The highest BCUT2D eigenvalue weighted by atomic mass is 16.3. The maximum Gasteiger partial charge on any atom is 0.0797 e. The molecule has 2 aliphatic rings. The molecule has 2 rings (SSSR count). The summed E-state index contributed by atoms with van der Waals surface area (Å²) < 4.78 is 0. The van der Waals surface area contributed by atoms with Gasteiger partial charge in [-0.05, 0) is 68.1 Å². The molecule has 22 heavy (non-hydrogen) atoms. The lowest BCUT2D eigenvalue weighted by Gasteiger charge is -2.58. The summed E-state index contributed by atoms with van der Waals surface area (Å²) >= 11 is 0. The molecular formula is C20H34O2. The Morgan fingerprint density at radius 2 is 2.05 bits per heavy atom. The fourth-order valence-electron chi connectivity index (χ4n) is 5.34. The van der Waals surface area contributed by atoms with E-state index in [1.807, 2.05) is 6.92 Å². The minimum atomic E-state index is -0.793. The Morgan fingerprint density at radius 1 is 1.36 bits per heavy atom. The van der Waals surface area contributed by atoms with Gasteiger partial charge in [-0.1, -0.05) is 38.5 Å². The van der Waals surface area contributed by atoms with Gasteiger partial charge >= 0.3 is 0 Å². The van der Waals surface area contributed by atoms with Gasteiger partial charge in [-0.15, -0.1) is 6.58 Å². The molecule has 2 fully saturated rings. The first-order chi connectivity index (χ1) is 10.2. The van der Waals surface area contributed by atoms with Crippen molar-refractivity contribution in [2.75, 3.05) is 6.61 Å². The highest BCUT2D eigenvalue weighted by molar-refractivity contribution is 5.16. The van der Waals surface area contributed by atoms with Gasteiger partial charge in [0.05, 0.1) is 5.60 Å². The van der Waals surface area contributed by atoms with E-state index < -0.39 is 5.60 Å². The highest BCUT2D eigenvalue weighted by Gasteiger charge is 2.54. The molecule has 0 spiro atoms. The molecule has 0 aromatic rings. The SMILES string of the molecule is C=C[C@](C)(O)CC[C@H]1C(=C)CC[C@H]2[C@@](C)(CO)CCC[C@]12C. The van der Waals surface area contributed by atoms with Crippen LogP contribution < -0.4 is 0 Å². The van der Waals surface area contributed by atoms with Crippen LogP contribution in [0.4, 0.5) is 0 Å².